The number of anilines is 3. The van der Waals surface area contributed by atoms with Gasteiger partial charge in [-0.05, 0) is 58.1 Å². The molecule has 1 aliphatic rings. The largest absolute Gasteiger partial charge is 0.309 e. The zero-order valence-corrected chi connectivity index (χ0v) is 27.6. The van der Waals surface area contributed by atoms with E-state index < -0.39 is 18.1 Å². The molecule has 11 rings (SSSR count). The maximum Gasteiger partial charge on any atom is 0.238 e. The summed E-state index contributed by atoms with van der Waals surface area (Å²) in [5.41, 5.74) is 7.60. The zero-order chi connectivity index (χ0) is 38.5. The molecule has 5 nitrogen and oxygen atoms in total. The molecule has 242 valence electrons. The molecular weight excluding hydrogens is 635 g/mol. The molecule has 0 saturated carbocycles. The molecular formula is C47H29N5. The lowest BCUT2D eigenvalue weighted by Gasteiger charge is -2.34. The number of nitrogens with zero attached hydrogens (tertiary/aromatic N) is 5. The lowest BCUT2D eigenvalue weighted by Crippen LogP contribution is -2.15. The molecule has 1 aliphatic heterocycles. The maximum atomic E-state index is 8.88. The van der Waals surface area contributed by atoms with Gasteiger partial charge in [-0.2, -0.15) is 9.97 Å². The van der Waals surface area contributed by atoms with Gasteiger partial charge in [-0.3, -0.25) is 4.57 Å². The summed E-state index contributed by atoms with van der Waals surface area (Å²) in [7, 11) is 0. The molecule has 3 heterocycles. The van der Waals surface area contributed by atoms with Gasteiger partial charge < -0.3 is 4.90 Å². The molecule has 0 radical (unpaired) electrons. The van der Waals surface area contributed by atoms with Crippen molar-refractivity contribution in [3.63, 3.8) is 0 Å². The average molecular weight is 669 g/mol. The number of hydrogen-bond donors (Lipinski definition) is 0. The molecule has 0 N–H and O–H groups in total. The van der Waals surface area contributed by atoms with Gasteiger partial charge in [0, 0.05) is 38.5 Å². The molecule has 10 aromatic rings. The molecule has 8 aromatic carbocycles. The molecule has 52 heavy (non-hydrogen) atoms. The van der Waals surface area contributed by atoms with Crippen LogP contribution in [0.25, 0.3) is 83.2 Å². The molecule has 2 aromatic heterocycles. The minimum absolute atomic E-state index is 0.0206. The Morgan fingerprint density at radius 3 is 1.92 bits per heavy atom. The van der Waals surface area contributed by atoms with Gasteiger partial charge in [-0.1, -0.05) is 139 Å². The maximum absolute atomic E-state index is 8.88. The molecule has 5 heteroatoms. The van der Waals surface area contributed by atoms with Gasteiger partial charge in [0.05, 0.1) is 29.3 Å². The highest BCUT2D eigenvalue weighted by molar-refractivity contribution is 6.19. The molecule has 0 fully saturated rings. The summed E-state index contributed by atoms with van der Waals surface area (Å²) in [6, 6.07) is 47.5. The monoisotopic (exact) mass is 668 g/mol. The predicted octanol–water partition coefficient (Wildman–Crippen LogP) is 12.1. The third-order valence-electron chi connectivity index (χ3n) is 10.0. The van der Waals surface area contributed by atoms with E-state index in [2.05, 4.69) is 95.9 Å². The van der Waals surface area contributed by atoms with Crippen LogP contribution in [0.1, 0.15) is 6.85 Å². The van der Waals surface area contributed by atoms with Gasteiger partial charge >= 0.3 is 0 Å². The SMILES string of the molecule is [2H]c1c([2H])c([2H])c(-c2nc(-c3cccc(N4c5ccc6ccccc6c5-c5cccc6cccc4c56)c3)nc(-n3c4ccccc4c4ccccc43)n2)c([2H])c1[2H]. The van der Waals surface area contributed by atoms with Gasteiger partial charge in [0.25, 0.3) is 0 Å². The van der Waals surface area contributed by atoms with E-state index in [1.807, 2.05) is 59.2 Å². The van der Waals surface area contributed by atoms with Crippen LogP contribution in [0.5, 0.6) is 0 Å². The summed E-state index contributed by atoms with van der Waals surface area (Å²) in [4.78, 5) is 17.2. The number of fused-ring (bicyclic) bond motifs is 7. The molecule has 0 atom stereocenters. The molecule has 0 amide bonds. The Kier molecular flexibility index (Phi) is 5.19. The number of aromatic nitrogens is 4. The molecule has 0 spiro atoms. The van der Waals surface area contributed by atoms with Crippen LogP contribution in [0.4, 0.5) is 17.1 Å². The fourth-order valence-corrected chi connectivity index (χ4v) is 7.84. The second kappa shape index (κ2) is 11.2. The molecule has 0 aliphatic carbocycles. The fraction of sp³-hybridized carbons (Fsp3) is 0. The smallest absolute Gasteiger partial charge is 0.238 e. The van der Waals surface area contributed by atoms with Gasteiger partial charge in [-0.25, -0.2) is 4.98 Å². The standard InChI is InChI=1S/C47H29N5/c1-2-14-32(15-3-1)45-48-46(50-47(49-45)52-39-24-8-6-21-36(39)37-22-7-9-25-40(37)52)33-18-10-19-34(29-33)51-41-26-12-17-31-16-11-23-38(43(31)41)44-35-20-5-4-13-30(35)27-28-42(44)51/h1-29H/i1D,2D,3D,14D,15D. The number of rotatable bonds is 4. The average Bonchev–Trinajstić information content (AvgIpc) is 3.59. The van der Waals surface area contributed by atoms with Crippen molar-refractivity contribution in [3.8, 4) is 39.9 Å². The van der Waals surface area contributed by atoms with E-state index in [4.69, 9.17) is 21.8 Å². The van der Waals surface area contributed by atoms with Crippen molar-refractivity contribution in [2.24, 2.45) is 0 Å². The van der Waals surface area contributed by atoms with Crippen LogP contribution >= 0.6 is 0 Å². The minimum Gasteiger partial charge on any atom is -0.309 e. The van der Waals surface area contributed by atoms with Crippen molar-refractivity contribution in [1.29, 1.82) is 0 Å². The van der Waals surface area contributed by atoms with Crippen molar-refractivity contribution in [3.05, 3.63) is 176 Å². The summed E-state index contributed by atoms with van der Waals surface area (Å²) in [6.45, 7) is 0. The summed E-state index contributed by atoms with van der Waals surface area (Å²) < 4.78 is 44.9. The summed E-state index contributed by atoms with van der Waals surface area (Å²) in [5.74, 6) is 0.533. The van der Waals surface area contributed by atoms with E-state index in [0.717, 1.165) is 66.0 Å². The number of benzene rings is 8. The lowest BCUT2D eigenvalue weighted by atomic mass is 9.87. The van der Waals surface area contributed by atoms with E-state index in [-0.39, 0.29) is 29.4 Å². The van der Waals surface area contributed by atoms with Crippen molar-refractivity contribution in [1.82, 2.24) is 19.5 Å². The fourth-order valence-electron chi connectivity index (χ4n) is 7.84. The van der Waals surface area contributed by atoms with Crippen LogP contribution in [0, 0.1) is 0 Å². The van der Waals surface area contributed by atoms with Crippen LogP contribution in [-0.2, 0) is 0 Å². The van der Waals surface area contributed by atoms with Crippen LogP contribution in [-0.4, -0.2) is 19.5 Å². The van der Waals surface area contributed by atoms with Crippen molar-refractivity contribution in [2.45, 2.75) is 0 Å². The lowest BCUT2D eigenvalue weighted by molar-refractivity contribution is 0.953. The first-order chi connectivity index (χ1) is 27.9. The summed E-state index contributed by atoms with van der Waals surface area (Å²) >= 11 is 0. The topological polar surface area (TPSA) is 46.8 Å². The Balaban J connectivity index is 1.18. The Morgan fingerprint density at radius 1 is 0.481 bits per heavy atom. The van der Waals surface area contributed by atoms with Gasteiger partial charge in [0.1, 0.15) is 0 Å². The third-order valence-corrected chi connectivity index (χ3v) is 10.0. The van der Waals surface area contributed by atoms with E-state index in [1.165, 1.54) is 5.56 Å². The molecule has 0 bridgehead atoms. The van der Waals surface area contributed by atoms with Crippen molar-refractivity contribution in [2.75, 3.05) is 4.90 Å². The highest BCUT2D eigenvalue weighted by atomic mass is 15.2. The van der Waals surface area contributed by atoms with Crippen molar-refractivity contribution < 1.29 is 6.85 Å². The normalized spacial score (nSPS) is 13.5. The Bertz CT molecular complexity index is 3250. The Hall–Kier alpha value is -7.11. The van der Waals surface area contributed by atoms with Crippen molar-refractivity contribution >= 4 is 60.4 Å². The summed E-state index contributed by atoms with van der Waals surface area (Å²) in [6.07, 6.45) is 0. The van der Waals surface area contributed by atoms with E-state index in [9.17, 15) is 0 Å². The zero-order valence-electron chi connectivity index (χ0n) is 32.6. The van der Waals surface area contributed by atoms with Gasteiger partial charge in [0.15, 0.2) is 11.6 Å². The first-order valence-corrected chi connectivity index (χ1v) is 17.1. The predicted molar refractivity (Wildman–Crippen MR) is 214 cm³/mol. The molecule has 0 saturated heterocycles. The van der Waals surface area contributed by atoms with Gasteiger partial charge in [-0.15, -0.1) is 0 Å². The van der Waals surface area contributed by atoms with Crippen LogP contribution in [0.2, 0.25) is 0 Å². The van der Waals surface area contributed by atoms with Crippen LogP contribution in [0.3, 0.4) is 0 Å². The van der Waals surface area contributed by atoms with Crippen LogP contribution in [0.15, 0.2) is 176 Å². The van der Waals surface area contributed by atoms with E-state index in [1.54, 1.807) is 0 Å². The first kappa shape index (κ1) is 24.1. The highest BCUT2D eigenvalue weighted by Crippen LogP contribution is 2.53. The molecule has 0 unspecified atom stereocenters. The van der Waals surface area contributed by atoms with E-state index in [0.29, 0.717) is 11.4 Å². The number of hydrogen-bond acceptors (Lipinski definition) is 4. The van der Waals surface area contributed by atoms with E-state index >= 15 is 0 Å². The number of para-hydroxylation sites is 2. The first-order valence-electron chi connectivity index (χ1n) is 19.6. The second-order valence-electron chi connectivity index (χ2n) is 12.9. The summed E-state index contributed by atoms with van der Waals surface area (Å²) in [5, 5.41) is 6.63. The quantitative estimate of drug-likeness (QED) is 0.187. The van der Waals surface area contributed by atoms with Gasteiger partial charge in [0.2, 0.25) is 5.95 Å². The minimum atomic E-state index is -0.482. The Morgan fingerprint density at radius 2 is 1.13 bits per heavy atom. The third kappa shape index (κ3) is 4.26. The second-order valence-corrected chi connectivity index (χ2v) is 12.9. The Labute approximate surface area is 306 Å². The van der Waals surface area contributed by atoms with Crippen LogP contribution < -0.4 is 4.90 Å². The highest BCUT2D eigenvalue weighted by Gasteiger charge is 2.28.